The molecule has 0 aliphatic heterocycles. The maximum atomic E-state index is 13.0. The van der Waals surface area contributed by atoms with Gasteiger partial charge in [0.15, 0.2) is 6.04 Å². The number of carbonyl (C=O) groups is 6. The molecule has 1 aromatic rings. The largest absolute Gasteiger partial charge is 0.481 e. The number of carbonyl (C=O) groups excluding carboxylic acids is 4. The Morgan fingerprint density at radius 3 is 2.08 bits per heavy atom. The Kier molecular flexibility index (Phi) is 12.0. The monoisotopic (exact) mass is 513 g/mol. The summed E-state index contributed by atoms with van der Waals surface area (Å²) in [6.07, 6.45) is -0.126. The number of amides is 4. The lowest BCUT2D eigenvalue weighted by molar-refractivity contribution is -0.145. The molecule has 36 heavy (non-hydrogen) atoms. The van der Waals surface area contributed by atoms with Crippen molar-refractivity contribution >= 4 is 35.6 Å². The molecule has 0 fully saturated rings. The Morgan fingerprint density at radius 2 is 1.58 bits per heavy atom. The summed E-state index contributed by atoms with van der Waals surface area (Å²) in [5.41, 5.74) is 11.2. The van der Waals surface area contributed by atoms with Gasteiger partial charge in [0.2, 0.25) is 23.6 Å². The molecular weight excluding hydrogens is 482 g/mol. The van der Waals surface area contributed by atoms with E-state index in [1.165, 1.54) is 12.5 Å². The highest BCUT2D eigenvalue weighted by atomic mass is 16.4. The van der Waals surface area contributed by atoms with Crippen molar-refractivity contribution in [2.45, 2.75) is 69.3 Å². The van der Waals surface area contributed by atoms with Gasteiger partial charge in [-0.3, -0.25) is 24.0 Å². The van der Waals surface area contributed by atoms with E-state index in [0.29, 0.717) is 5.69 Å². The van der Waals surface area contributed by atoms with E-state index in [0.717, 1.165) is 6.92 Å². The lowest BCUT2D eigenvalue weighted by Crippen LogP contribution is -2.58. The summed E-state index contributed by atoms with van der Waals surface area (Å²) in [5.74, 6) is -6.25. The van der Waals surface area contributed by atoms with Gasteiger partial charge in [-0.25, -0.2) is 9.78 Å². The lowest BCUT2D eigenvalue weighted by Gasteiger charge is -2.25. The van der Waals surface area contributed by atoms with Gasteiger partial charge in [-0.1, -0.05) is 0 Å². The van der Waals surface area contributed by atoms with Crippen LogP contribution in [0.5, 0.6) is 0 Å². The van der Waals surface area contributed by atoms with Crippen molar-refractivity contribution in [2.24, 2.45) is 11.5 Å². The Labute approximate surface area is 205 Å². The van der Waals surface area contributed by atoms with Crippen molar-refractivity contribution in [1.82, 2.24) is 25.9 Å². The second-order valence-corrected chi connectivity index (χ2v) is 8.01. The molecule has 16 heteroatoms. The molecule has 0 spiro atoms. The van der Waals surface area contributed by atoms with Crippen molar-refractivity contribution in [1.29, 1.82) is 0 Å². The molecule has 0 saturated heterocycles. The predicted molar refractivity (Wildman–Crippen MR) is 121 cm³/mol. The number of rotatable bonds is 16. The summed E-state index contributed by atoms with van der Waals surface area (Å²) in [6, 6.07) is -5.72. The maximum absolute atomic E-state index is 13.0. The van der Waals surface area contributed by atoms with Gasteiger partial charge < -0.3 is 47.7 Å². The van der Waals surface area contributed by atoms with Gasteiger partial charge in [-0.05, 0) is 19.8 Å². The maximum Gasteiger partial charge on any atom is 0.328 e. The molecular formula is C20H31N7O9. The zero-order valence-electron chi connectivity index (χ0n) is 19.5. The van der Waals surface area contributed by atoms with Crippen molar-refractivity contribution in [3.05, 3.63) is 18.2 Å². The number of nitrogens with one attached hydrogen (secondary N) is 4. The zero-order valence-corrected chi connectivity index (χ0v) is 19.5. The molecule has 1 aromatic heterocycles. The Bertz CT molecular complexity index is 936. The minimum absolute atomic E-state index is 0.0842. The molecule has 4 amide bonds. The van der Waals surface area contributed by atoms with E-state index in [-0.39, 0.29) is 19.3 Å². The number of aromatic nitrogens is 2. The number of nitrogens with zero attached hydrogens (tertiary/aromatic N) is 1. The van der Waals surface area contributed by atoms with Gasteiger partial charge in [0.25, 0.3) is 0 Å². The molecule has 0 bridgehead atoms. The van der Waals surface area contributed by atoms with Crippen LogP contribution in [0.4, 0.5) is 0 Å². The van der Waals surface area contributed by atoms with E-state index in [1.807, 2.05) is 0 Å². The third-order valence-electron chi connectivity index (χ3n) is 4.98. The average Bonchev–Trinajstić information content (AvgIpc) is 3.30. The number of carboxylic acids is 2. The number of aliphatic hydroxyl groups excluding tert-OH is 1. The van der Waals surface area contributed by atoms with Gasteiger partial charge in [0.1, 0.15) is 12.1 Å². The Balaban J connectivity index is 3.07. The minimum atomic E-state index is -1.72. The van der Waals surface area contributed by atoms with Gasteiger partial charge >= 0.3 is 11.9 Å². The summed E-state index contributed by atoms with van der Waals surface area (Å²) in [6.45, 7) is 1.13. The zero-order chi connectivity index (χ0) is 27.4. The second kappa shape index (κ2) is 14.4. The molecule has 5 atom stereocenters. The van der Waals surface area contributed by atoms with E-state index in [9.17, 15) is 39.0 Å². The van der Waals surface area contributed by atoms with Crippen LogP contribution in [0.3, 0.4) is 0 Å². The highest BCUT2D eigenvalue weighted by molar-refractivity contribution is 5.94. The molecule has 5 unspecified atom stereocenters. The number of nitrogens with two attached hydrogens (primary N) is 2. The van der Waals surface area contributed by atoms with Crippen LogP contribution >= 0.6 is 0 Å². The van der Waals surface area contributed by atoms with Crippen LogP contribution in [0, 0.1) is 0 Å². The number of imidazole rings is 1. The normalized spacial score (nSPS) is 15.0. The number of aromatic amines is 1. The number of aliphatic hydroxyl groups is 1. The van der Waals surface area contributed by atoms with Crippen LogP contribution in [0.1, 0.15) is 38.3 Å². The highest BCUT2D eigenvalue weighted by Crippen LogP contribution is 2.06. The fourth-order valence-corrected chi connectivity index (χ4v) is 2.98. The molecule has 0 aromatic carbocycles. The predicted octanol–water partition coefficient (Wildman–Crippen LogP) is -3.67. The molecule has 1 heterocycles. The lowest BCUT2D eigenvalue weighted by atomic mass is 10.1. The van der Waals surface area contributed by atoms with Crippen LogP contribution in [0.15, 0.2) is 12.5 Å². The molecule has 0 aliphatic carbocycles. The first-order valence-corrected chi connectivity index (χ1v) is 10.9. The third kappa shape index (κ3) is 10.5. The van der Waals surface area contributed by atoms with Crippen LogP contribution < -0.4 is 27.4 Å². The molecule has 16 nitrogen and oxygen atoms in total. The van der Waals surface area contributed by atoms with Crippen molar-refractivity contribution in [3.63, 3.8) is 0 Å². The molecule has 0 radical (unpaired) electrons. The average molecular weight is 514 g/mol. The SMILES string of the molecule is CC(O)C(NC(=O)C(CCC(=O)O)NC(=O)C(Cc1cnc[nH]1)NC(=O)C(N)CCC(N)=O)C(=O)O. The Hall–Kier alpha value is -4.05. The standard InChI is InChI=1S/C20H31N7O9/c1-9(28)16(20(35)36)27-18(33)12(3-5-15(30)31)25-19(34)13(6-10-7-23-8-24-10)26-17(32)11(21)2-4-14(22)29/h7-9,11-13,16,28H,2-6,21H2,1H3,(H2,22,29)(H,23,24)(H,25,34)(H,26,32)(H,27,33)(H,30,31)(H,35,36). The number of H-pyrrole nitrogens is 1. The summed E-state index contributed by atoms with van der Waals surface area (Å²) >= 11 is 0. The smallest absolute Gasteiger partial charge is 0.328 e. The first-order valence-electron chi connectivity index (χ1n) is 10.9. The fraction of sp³-hybridized carbons (Fsp3) is 0.550. The first-order chi connectivity index (χ1) is 16.8. The van der Waals surface area contributed by atoms with Gasteiger partial charge in [0, 0.05) is 31.2 Å². The molecule has 0 saturated carbocycles. The molecule has 0 aliphatic rings. The van der Waals surface area contributed by atoms with E-state index >= 15 is 0 Å². The Morgan fingerprint density at radius 1 is 0.972 bits per heavy atom. The van der Waals surface area contributed by atoms with Crippen LogP contribution in [-0.4, -0.2) is 91.1 Å². The van der Waals surface area contributed by atoms with E-state index in [2.05, 4.69) is 25.9 Å². The van der Waals surface area contributed by atoms with Crippen LogP contribution in [-0.2, 0) is 35.2 Å². The van der Waals surface area contributed by atoms with E-state index in [4.69, 9.17) is 16.6 Å². The van der Waals surface area contributed by atoms with Gasteiger partial charge in [0.05, 0.1) is 18.5 Å². The van der Waals surface area contributed by atoms with Gasteiger partial charge in [-0.15, -0.1) is 0 Å². The van der Waals surface area contributed by atoms with Gasteiger partial charge in [-0.2, -0.15) is 0 Å². The third-order valence-corrected chi connectivity index (χ3v) is 4.98. The van der Waals surface area contributed by atoms with E-state index in [1.54, 1.807) is 0 Å². The van der Waals surface area contributed by atoms with Crippen LogP contribution in [0.2, 0.25) is 0 Å². The molecule has 200 valence electrons. The quantitative estimate of drug-likeness (QED) is 0.104. The highest BCUT2D eigenvalue weighted by Gasteiger charge is 2.32. The number of aliphatic carboxylic acids is 2. The number of hydrogen-bond donors (Lipinski definition) is 9. The summed E-state index contributed by atoms with van der Waals surface area (Å²) in [7, 11) is 0. The second-order valence-electron chi connectivity index (χ2n) is 8.01. The fourth-order valence-electron chi connectivity index (χ4n) is 2.98. The van der Waals surface area contributed by atoms with Crippen molar-refractivity contribution in [3.8, 4) is 0 Å². The van der Waals surface area contributed by atoms with Crippen LogP contribution in [0.25, 0.3) is 0 Å². The van der Waals surface area contributed by atoms with E-state index < -0.39 is 78.7 Å². The van der Waals surface area contributed by atoms with Crippen molar-refractivity contribution in [2.75, 3.05) is 0 Å². The summed E-state index contributed by atoms with van der Waals surface area (Å²) < 4.78 is 0. The summed E-state index contributed by atoms with van der Waals surface area (Å²) in [4.78, 5) is 78.0. The topological polar surface area (TPSA) is 280 Å². The number of carboxylic acid groups (broad SMARTS) is 2. The first kappa shape index (κ1) is 30.0. The minimum Gasteiger partial charge on any atom is -0.481 e. The molecule has 11 N–H and O–H groups in total. The number of hydrogen-bond acceptors (Lipinski definition) is 9. The summed E-state index contributed by atoms with van der Waals surface area (Å²) in [5, 5.41) is 34.5. The molecule has 1 rings (SSSR count). The van der Waals surface area contributed by atoms with Crippen molar-refractivity contribution < 1.29 is 44.1 Å². The number of primary amides is 1.